The third-order valence-corrected chi connectivity index (χ3v) is 1.48. The highest BCUT2D eigenvalue weighted by atomic mass is 16.7. The molecular weight excluding hydrogens is 158 g/mol. The van der Waals surface area contributed by atoms with E-state index in [-0.39, 0.29) is 6.04 Å². The Labute approximate surface area is 73.7 Å². The number of rotatable bonds is 6. The molecule has 74 valence electrons. The van der Waals surface area contributed by atoms with Crippen molar-refractivity contribution >= 4 is 0 Å². The first kappa shape index (κ1) is 11.8. The third-order valence-electron chi connectivity index (χ3n) is 1.48. The summed E-state index contributed by atoms with van der Waals surface area (Å²) in [6.07, 6.45) is -1.36. The van der Waals surface area contributed by atoms with Crippen molar-refractivity contribution in [1.29, 1.82) is 0 Å². The molecular formula is C8H19NO3. The average Bonchev–Trinajstić information content (AvgIpc) is 2.03. The molecule has 0 radical (unpaired) electrons. The SMILES string of the molecule is CCOC(OCC)C(O)C(C)N. The van der Waals surface area contributed by atoms with Crippen LogP contribution in [0.15, 0.2) is 0 Å². The molecule has 4 nitrogen and oxygen atoms in total. The van der Waals surface area contributed by atoms with Gasteiger partial charge in [-0.25, -0.2) is 0 Å². The molecule has 3 N–H and O–H groups in total. The summed E-state index contributed by atoms with van der Waals surface area (Å²) in [5, 5.41) is 9.47. The fraction of sp³-hybridized carbons (Fsp3) is 1.00. The van der Waals surface area contributed by atoms with Gasteiger partial charge in [-0.3, -0.25) is 0 Å². The Morgan fingerprint density at radius 2 is 1.67 bits per heavy atom. The summed E-state index contributed by atoms with van der Waals surface area (Å²) in [6, 6.07) is -0.340. The first-order chi connectivity index (χ1) is 5.63. The minimum Gasteiger partial charge on any atom is -0.386 e. The van der Waals surface area contributed by atoms with Crippen LogP contribution in [0.3, 0.4) is 0 Å². The van der Waals surface area contributed by atoms with Crippen LogP contribution < -0.4 is 5.73 Å². The monoisotopic (exact) mass is 177 g/mol. The van der Waals surface area contributed by atoms with Gasteiger partial charge in [0, 0.05) is 19.3 Å². The van der Waals surface area contributed by atoms with E-state index in [9.17, 15) is 5.11 Å². The second-order valence-electron chi connectivity index (χ2n) is 2.63. The van der Waals surface area contributed by atoms with Crippen LogP contribution in [0, 0.1) is 0 Å². The van der Waals surface area contributed by atoms with E-state index in [2.05, 4.69) is 0 Å². The van der Waals surface area contributed by atoms with Gasteiger partial charge < -0.3 is 20.3 Å². The van der Waals surface area contributed by atoms with Gasteiger partial charge in [0.25, 0.3) is 0 Å². The number of ether oxygens (including phenoxy) is 2. The Bertz CT molecular complexity index is 102. The van der Waals surface area contributed by atoms with Gasteiger partial charge in [0.05, 0.1) is 0 Å². The van der Waals surface area contributed by atoms with E-state index >= 15 is 0 Å². The van der Waals surface area contributed by atoms with Gasteiger partial charge in [-0.05, 0) is 20.8 Å². The second kappa shape index (κ2) is 6.37. The van der Waals surface area contributed by atoms with Gasteiger partial charge in [0.15, 0.2) is 6.29 Å². The van der Waals surface area contributed by atoms with Gasteiger partial charge >= 0.3 is 0 Å². The lowest BCUT2D eigenvalue weighted by Crippen LogP contribution is -2.43. The summed E-state index contributed by atoms with van der Waals surface area (Å²) in [4.78, 5) is 0. The van der Waals surface area contributed by atoms with Crippen molar-refractivity contribution in [3.05, 3.63) is 0 Å². The molecule has 0 fully saturated rings. The number of hydrogen-bond donors (Lipinski definition) is 2. The Hall–Kier alpha value is -0.160. The first-order valence-corrected chi connectivity index (χ1v) is 4.30. The quantitative estimate of drug-likeness (QED) is 0.564. The van der Waals surface area contributed by atoms with Crippen LogP contribution in [-0.2, 0) is 9.47 Å². The maximum absolute atomic E-state index is 9.47. The van der Waals surface area contributed by atoms with E-state index in [1.54, 1.807) is 6.92 Å². The molecule has 4 heteroatoms. The maximum Gasteiger partial charge on any atom is 0.184 e. The molecule has 0 aliphatic heterocycles. The molecule has 0 heterocycles. The fourth-order valence-corrected chi connectivity index (χ4v) is 0.822. The van der Waals surface area contributed by atoms with Crippen LogP contribution in [0.25, 0.3) is 0 Å². The molecule has 2 atom stereocenters. The van der Waals surface area contributed by atoms with Crippen LogP contribution >= 0.6 is 0 Å². The predicted molar refractivity (Wildman–Crippen MR) is 46.7 cm³/mol. The summed E-state index contributed by atoms with van der Waals surface area (Å²) >= 11 is 0. The zero-order valence-electron chi connectivity index (χ0n) is 7.99. The standard InChI is InChI=1S/C8H19NO3/c1-4-11-8(12-5-2)7(10)6(3)9/h6-8,10H,4-5,9H2,1-3H3. The van der Waals surface area contributed by atoms with Gasteiger partial charge in [0.2, 0.25) is 0 Å². The highest BCUT2D eigenvalue weighted by Crippen LogP contribution is 2.04. The highest BCUT2D eigenvalue weighted by molar-refractivity contribution is 4.69. The molecule has 0 spiro atoms. The van der Waals surface area contributed by atoms with Gasteiger partial charge in [-0.15, -0.1) is 0 Å². The largest absolute Gasteiger partial charge is 0.386 e. The van der Waals surface area contributed by atoms with Crippen molar-refractivity contribution < 1.29 is 14.6 Å². The van der Waals surface area contributed by atoms with Crippen molar-refractivity contribution in [2.75, 3.05) is 13.2 Å². The zero-order chi connectivity index (χ0) is 9.56. The van der Waals surface area contributed by atoms with Crippen molar-refractivity contribution in [3.63, 3.8) is 0 Å². The van der Waals surface area contributed by atoms with Crippen LogP contribution in [0.5, 0.6) is 0 Å². The molecule has 0 aliphatic rings. The molecule has 0 aliphatic carbocycles. The molecule has 0 bridgehead atoms. The van der Waals surface area contributed by atoms with Crippen molar-refractivity contribution in [3.8, 4) is 0 Å². The molecule has 0 saturated heterocycles. The molecule has 0 aromatic rings. The lowest BCUT2D eigenvalue weighted by Gasteiger charge is -2.24. The van der Waals surface area contributed by atoms with Gasteiger partial charge in [-0.1, -0.05) is 0 Å². The number of aliphatic hydroxyl groups is 1. The Morgan fingerprint density at radius 3 is 1.92 bits per heavy atom. The number of nitrogens with two attached hydrogens (primary N) is 1. The number of hydrogen-bond acceptors (Lipinski definition) is 4. The van der Waals surface area contributed by atoms with Crippen LogP contribution in [-0.4, -0.2) is 36.8 Å². The molecule has 0 saturated carbocycles. The second-order valence-corrected chi connectivity index (χ2v) is 2.63. The van der Waals surface area contributed by atoms with Crippen LogP contribution in [0.2, 0.25) is 0 Å². The summed E-state index contributed by atoms with van der Waals surface area (Å²) in [6.45, 7) is 6.43. The van der Waals surface area contributed by atoms with Gasteiger partial charge in [-0.2, -0.15) is 0 Å². The predicted octanol–water partition coefficient (Wildman–Crippen LogP) is 0.0936. The first-order valence-electron chi connectivity index (χ1n) is 4.30. The third kappa shape index (κ3) is 4.01. The summed E-state index contributed by atoms with van der Waals surface area (Å²) in [5.41, 5.74) is 5.49. The van der Waals surface area contributed by atoms with E-state index in [0.29, 0.717) is 13.2 Å². The van der Waals surface area contributed by atoms with Crippen LogP contribution in [0.1, 0.15) is 20.8 Å². The van der Waals surface area contributed by atoms with Crippen molar-refractivity contribution in [2.24, 2.45) is 5.73 Å². The lowest BCUT2D eigenvalue weighted by atomic mass is 10.2. The average molecular weight is 177 g/mol. The molecule has 0 aromatic heterocycles. The minimum atomic E-state index is -0.759. The van der Waals surface area contributed by atoms with E-state index in [0.717, 1.165) is 0 Å². The Kier molecular flexibility index (Phi) is 6.28. The van der Waals surface area contributed by atoms with Crippen LogP contribution in [0.4, 0.5) is 0 Å². The highest BCUT2D eigenvalue weighted by Gasteiger charge is 2.22. The zero-order valence-corrected chi connectivity index (χ0v) is 7.99. The van der Waals surface area contributed by atoms with Gasteiger partial charge in [0.1, 0.15) is 6.10 Å². The molecule has 12 heavy (non-hydrogen) atoms. The maximum atomic E-state index is 9.47. The number of aliphatic hydroxyl groups excluding tert-OH is 1. The smallest absolute Gasteiger partial charge is 0.184 e. The van der Waals surface area contributed by atoms with Crippen molar-refractivity contribution in [1.82, 2.24) is 0 Å². The minimum absolute atomic E-state index is 0.340. The summed E-state index contributed by atoms with van der Waals surface area (Å²) < 4.78 is 10.3. The van der Waals surface area contributed by atoms with E-state index in [1.165, 1.54) is 0 Å². The normalized spacial score (nSPS) is 16.5. The molecule has 0 rings (SSSR count). The molecule has 0 aromatic carbocycles. The van der Waals surface area contributed by atoms with E-state index < -0.39 is 12.4 Å². The topological polar surface area (TPSA) is 64.7 Å². The summed E-state index contributed by atoms with van der Waals surface area (Å²) in [5.74, 6) is 0. The lowest BCUT2D eigenvalue weighted by molar-refractivity contribution is -0.192. The Morgan fingerprint density at radius 1 is 1.25 bits per heavy atom. The van der Waals surface area contributed by atoms with E-state index in [4.69, 9.17) is 15.2 Å². The van der Waals surface area contributed by atoms with Crippen molar-refractivity contribution in [2.45, 2.75) is 39.2 Å². The summed E-state index contributed by atoms with van der Waals surface area (Å²) in [7, 11) is 0. The van der Waals surface area contributed by atoms with E-state index in [1.807, 2.05) is 13.8 Å². The molecule has 2 unspecified atom stereocenters. The Balaban J connectivity index is 3.89. The fourth-order valence-electron chi connectivity index (χ4n) is 0.822. The molecule has 0 amide bonds.